The highest BCUT2D eigenvalue weighted by molar-refractivity contribution is 6.68. The minimum absolute atomic E-state index is 0.244. The molecule has 0 saturated carbocycles. The first-order chi connectivity index (χ1) is 9.31. The Bertz CT molecular complexity index is 456. The van der Waals surface area contributed by atoms with Crippen molar-refractivity contribution in [2.24, 2.45) is 0 Å². The number of benzene rings is 1. The molecule has 1 aromatic rings. The molecule has 0 spiro atoms. The molecule has 1 atom stereocenters. The van der Waals surface area contributed by atoms with Crippen LogP contribution in [0.3, 0.4) is 0 Å². The molecule has 3 nitrogen and oxygen atoms in total. The van der Waals surface area contributed by atoms with Gasteiger partial charge in [-0.3, -0.25) is 9.69 Å². The molecule has 112 valence electrons. The second-order valence-electron chi connectivity index (χ2n) is 4.45. The van der Waals surface area contributed by atoms with Gasteiger partial charge in [0.25, 0.3) is 5.91 Å². The molecular formula is C14H19Cl3N2O. The summed E-state index contributed by atoms with van der Waals surface area (Å²) in [5, 5.41) is 2.81. The minimum Gasteiger partial charge on any atom is -0.332 e. The van der Waals surface area contributed by atoms with Gasteiger partial charge in [0.15, 0.2) is 0 Å². The normalized spacial score (nSPS) is 13.3. The van der Waals surface area contributed by atoms with E-state index in [-0.39, 0.29) is 5.91 Å². The predicted octanol–water partition coefficient (Wildman–Crippen LogP) is 3.76. The lowest BCUT2D eigenvalue weighted by molar-refractivity contribution is 0.0861. The van der Waals surface area contributed by atoms with E-state index in [1.165, 1.54) is 0 Å². The molecule has 0 aromatic heterocycles. The fourth-order valence-corrected chi connectivity index (χ4v) is 2.58. The van der Waals surface area contributed by atoms with Crippen LogP contribution in [0.5, 0.6) is 0 Å². The molecule has 0 aliphatic rings. The molecule has 0 radical (unpaired) electrons. The van der Waals surface area contributed by atoms with Gasteiger partial charge in [0.1, 0.15) is 6.17 Å². The Labute approximate surface area is 135 Å². The summed E-state index contributed by atoms with van der Waals surface area (Å²) in [6.45, 7) is 7.11. The zero-order chi connectivity index (χ0) is 15.3. The molecule has 0 heterocycles. The number of aryl methyl sites for hydroxylation is 1. The van der Waals surface area contributed by atoms with Crippen molar-refractivity contribution in [3.05, 3.63) is 35.4 Å². The zero-order valence-corrected chi connectivity index (χ0v) is 14.1. The van der Waals surface area contributed by atoms with Crippen molar-refractivity contribution < 1.29 is 4.79 Å². The first-order valence-corrected chi connectivity index (χ1v) is 7.61. The average Bonchev–Trinajstić information content (AvgIpc) is 2.38. The fraction of sp³-hybridized carbons (Fsp3) is 0.500. The second kappa shape index (κ2) is 7.51. The third-order valence-corrected chi connectivity index (χ3v) is 3.77. The molecule has 0 aliphatic heterocycles. The van der Waals surface area contributed by atoms with E-state index in [1.807, 2.05) is 43.9 Å². The molecule has 20 heavy (non-hydrogen) atoms. The maximum absolute atomic E-state index is 12.3. The maximum Gasteiger partial charge on any atom is 0.252 e. The number of nitrogens with one attached hydrogen (secondary N) is 1. The third kappa shape index (κ3) is 4.52. The SMILES string of the molecule is CCN(CC)C(NC(=O)c1ccccc1C)C(Cl)(Cl)Cl. The van der Waals surface area contributed by atoms with Gasteiger partial charge in [-0.15, -0.1) is 0 Å². The van der Waals surface area contributed by atoms with Crippen molar-refractivity contribution in [2.75, 3.05) is 13.1 Å². The summed E-state index contributed by atoms with van der Waals surface area (Å²) in [7, 11) is 0. The van der Waals surface area contributed by atoms with Crippen LogP contribution in [0.2, 0.25) is 0 Å². The second-order valence-corrected chi connectivity index (χ2v) is 6.82. The molecule has 1 amide bonds. The van der Waals surface area contributed by atoms with E-state index in [0.29, 0.717) is 18.7 Å². The lowest BCUT2D eigenvalue weighted by Crippen LogP contribution is -2.55. The van der Waals surface area contributed by atoms with Crippen LogP contribution in [0.4, 0.5) is 0 Å². The summed E-state index contributed by atoms with van der Waals surface area (Å²) in [6.07, 6.45) is -0.672. The van der Waals surface area contributed by atoms with Gasteiger partial charge in [-0.2, -0.15) is 0 Å². The van der Waals surface area contributed by atoms with E-state index < -0.39 is 9.96 Å². The van der Waals surface area contributed by atoms with Crippen LogP contribution in [0.1, 0.15) is 29.8 Å². The van der Waals surface area contributed by atoms with Crippen molar-refractivity contribution in [1.82, 2.24) is 10.2 Å². The highest BCUT2D eigenvalue weighted by atomic mass is 35.6. The van der Waals surface area contributed by atoms with Gasteiger partial charge in [0.2, 0.25) is 3.79 Å². The van der Waals surface area contributed by atoms with Crippen LogP contribution >= 0.6 is 34.8 Å². The van der Waals surface area contributed by atoms with E-state index in [9.17, 15) is 4.79 Å². The molecule has 1 N–H and O–H groups in total. The Hall–Kier alpha value is -0.480. The first kappa shape index (κ1) is 17.6. The van der Waals surface area contributed by atoms with Crippen LogP contribution in [-0.2, 0) is 0 Å². The van der Waals surface area contributed by atoms with Crippen LogP contribution in [0, 0.1) is 6.92 Å². The van der Waals surface area contributed by atoms with Gasteiger partial charge in [-0.1, -0.05) is 66.8 Å². The zero-order valence-electron chi connectivity index (χ0n) is 11.8. The van der Waals surface area contributed by atoms with Gasteiger partial charge in [-0.05, 0) is 31.6 Å². The summed E-state index contributed by atoms with van der Waals surface area (Å²) >= 11 is 18.0. The monoisotopic (exact) mass is 336 g/mol. The van der Waals surface area contributed by atoms with Gasteiger partial charge in [0.05, 0.1) is 0 Å². The number of carbonyl (C=O) groups excluding carboxylic acids is 1. The number of carbonyl (C=O) groups is 1. The van der Waals surface area contributed by atoms with Crippen LogP contribution in [0.25, 0.3) is 0 Å². The van der Waals surface area contributed by atoms with E-state index in [4.69, 9.17) is 34.8 Å². The summed E-state index contributed by atoms with van der Waals surface area (Å²) in [4.78, 5) is 14.2. The van der Waals surface area contributed by atoms with Crippen molar-refractivity contribution in [2.45, 2.75) is 30.7 Å². The highest BCUT2D eigenvalue weighted by Gasteiger charge is 2.37. The smallest absolute Gasteiger partial charge is 0.252 e. The Morgan fingerprint density at radius 2 is 1.80 bits per heavy atom. The standard InChI is InChI=1S/C14H19Cl3N2O/c1-4-19(5-2)13(14(15,16)17)18-12(20)11-9-7-6-8-10(11)3/h6-9,13H,4-5H2,1-3H3,(H,18,20). The van der Waals surface area contributed by atoms with Crippen LogP contribution in [0.15, 0.2) is 24.3 Å². The van der Waals surface area contributed by atoms with E-state index in [1.54, 1.807) is 6.07 Å². The molecule has 0 saturated heterocycles. The van der Waals surface area contributed by atoms with Gasteiger partial charge in [-0.25, -0.2) is 0 Å². The maximum atomic E-state index is 12.3. The van der Waals surface area contributed by atoms with Crippen molar-refractivity contribution >= 4 is 40.7 Å². The predicted molar refractivity (Wildman–Crippen MR) is 85.6 cm³/mol. The molecule has 0 fully saturated rings. The fourth-order valence-electron chi connectivity index (χ4n) is 2.00. The largest absolute Gasteiger partial charge is 0.332 e. The average molecular weight is 338 g/mol. The van der Waals surface area contributed by atoms with Crippen molar-refractivity contribution in [3.8, 4) is 0 Å². The van der Waals surface area contributed by atoms with Gasteiger partial charge in [0, 0.05) is 5.56 Å². The molecule has 0 bridgehead atoms. The Morgan fingerprint density at radius 1 is 1.25 bits per heavy atom. The van der Waals surface area contributed by atoms with Crippen molar-refractivity contribution in [1.29, 1.82) is 0 Å². The molecule has 1 aromatic carbocycles. The van der Waals surface area contributed by atoms with Crippen LogP contribution < -0.4 is 5.32 Å². The van der Waals surface area contributed by atoms with E-state index >= 15 is 0 Å². The summed E-state index contributed by atoms with van der Waals surface area (Å²) in [6, 6.07) is 7.31. The lowest BCUT2D eigenvalue weighted by atomic mass is 10.1. The van der Waals surface area contributed by atoms with Gasteiger partial charge < -0.3 is 5.32 Å². The number of amides is 1. The number of alkyl halides is 3. The summed E-state index contributed by atoms with van der Waals surface area (Å²) in [5.74, 6) is -0.244. The minimum atomic E-state index is -1.59. The third-order valence-electron chi connectivity index (χ3n) is 3.15. The van der Waals surface area contributed by atoms with E-state index in [2.05, 4.69) is 5.32 Å². The highest BCUT2D eigenvalue weighted by Crippen LogP contribution is 2.32. The Morgan fingerprint density at radius 3 is 2.25 bits per heavy atom. The van der Waals surface area contributed by atoms with Crippen LogP contribution in [-0.4, -0.2) is 33.9 Å². The Kier molecular flexibility index (Phi) is 6.59. The number of nitrogens with zero attached hydrogens (tertiary/aromatic N) is 1. The molecular weight excluding hydrogens is 319 g/mol. The Balaban J connectivity index is 2.96. The van der Waals surface area contributed by atoms with Crippen molar-refractivity contribution in [3.63, 3.8) is 0 Å². The lowest BCUT2D eigenvalue weighted by Gasteiger charge is -2.35. The number of hydrogen-bond acceptors (Lipinski definition) is 2. The van der Waals surface area contributed by atoms with Gasteiger partial charge >= 0.3 is 0 Å². The summed E-state index contributed by atoms with van der Waals surface area (Å²) in [5.41, 5.74) is 1.46. The molecule has 0 aliphatic carbocycles. The topological polar surface area (TPSA) is 32.3 Å². The molecule has 1 rings (SSSR count). The number of hydrogen-bond donors (Lipinski definition) is 1. The number of halogens is 3. The molecule has 6 heteroatoms. The number of rotatable bonds is 5. The quantitative estimate of drug-likeness (QED) is 0.655. The molecule has 1 unspecified atom stereocenters. The summed E-state index contributed by atoms with van der Waals surface area (Å²) < 4.78 is -1.59. The first-order valence-electron chi connectivity index (χ1n) is 6.48. The van der Waals surface area contributed by atoms with E-state index in [0.717, 1.165) is 5.56 Å².